The van der Waals surface area contributed by atoms with Crippen LogP contribution in [-0.4, -0.2) is 16.0 Å². The van der Waals surface area contributed by atoms with E-state index >= 15 is 0 Å². The van der Waals surface area contributed by atoms with E-state index in [1.54, 1.807) is 41.7 Å². The van der Waals surface area contributed by atoms with E-state index in [-0.39, 0.29) is 11.0 Å². The predicted molar refractivity (Wildman–Crippen MR) is 125 cm³/mol. The highest BCUT2D eigenvalue weighted by Crippen LogP contribution is 2.35. The van der Waals surface area contributed by atoms with E-state index in [0.717, 1.165) is 20.8 Å². The third-order valence-electron chi connectivity index (χ3n) is 4.07. The Balaban J connectivity index is 1.47. The Kier molecular flexibility index (Phi) is 5.78. The number of anilines is 1. The van der Waals surface area contributed by atoms with Gasteiger partial charge in [-0.25, -0.2) is 4.98 Å². The second-order valence-corrected chi connectivity index (χ2v) is 8.38. The maximum absolute atomic E-state index is 12.3. The summed E-state index contributed by atoms with van der Waals surface area (Å²) < 4.78 is 1.10. The predicted octanol–water partition coefficient (Wildman–Crippen LogP) is 6.40. The van der Waals surface area contributed by atoms with Crippen molar-refractivity contribution in [1.29, 1.82) is 0 Å². The number of rotatable bonds is 3. The lowest BCUT2D eigenvalue weighted by atomic mass is 10.2. The molecule has 0 aliphatic carbocycles. The number of thiocarbonyl (C=S) groups is 1. The smallest absolute Gasteiger partial charge is 0.257 e. The lowest BCUT2D eigenvalue weighted by molar-refractivity contribution is 0.0977. The van der Waals surface area contributed by atoms with Gasteiger partial charge in [-0.05, 0) is 60.7 Å². The van der Waals surface area contributed by atoms with Crippen LogP contribution >= 0.6 is 46.8 Å². The van der Waals surface area contributed by atoms with Crippen LogP contribution in [0.1, 0.15) is 10.4 Å². The first kappa shape index (κ1) is 19.8. The van der Waals surface area contributed by atoms with Crippen LogP contribution in [0.4, 0.5) is 5.69 Å². The van der Waals surface area contributed by atoms with E-state index in [1.807, 2.05) is 36.4 Å². The minimum Gasteiger partial charge on any atom is -0.332 e. The molecule has 0 aliphatic heterocycles. The summed E-state index contributed by atoms with van der Waals surface area (Å²) in [5, 5.41) is 7.63. The van der Waals surface area contributed by atoms with Crippen LogP contribution in [-0.2, 0) is 0 Å². The van der Waals surface area contributed by atoms with Gasteiger partial charge in [0.2, 0.25) is 0 Å². The van der Waals surface area contributed by atoms with E-state index in [0.29, 0.717) is 21.3 Å². The van der Waals surface area contributed by atoms with Gasteiger partial charge >= 0.3 is 0 Å². The summed E-state index contributed by atoms with van der Waals surface area (Å²) in [4.78, 5) is 16.9. The van der Waals surface area contributed by atoms with Gasteiger partial charge in [0.1, 0.15) is 5.01 Å². The summed E-state index contributed by atoms with van der Waals surface area (Å²) in [6, 6.07) is 20.0. The van der Waals surface area contributed by atoms with Gasteiger partial charge < -0.3 is 5.32 Å². The number of aromatic nitrogens is 1. The standard InChI is InChI=1S/C21H13Cl2N3OS2/c22-13-5-3-4-12(10-13)19(27)26-21(28)24-14-8-9-15(16(23)11-14)20-25-17-6-1-2-7-18(17)29-20/h1-11H,(H2,24,26,27,28). The Bertz CT molecular complexity index is 1210. The SMILES string of the molecule is O=C(NC(=S)Nc1ccc(-c2nc3ccccc3s2)c(Cl)c1)c1cccc(Cl)c1. The third kappa shape index (κ3) is 4.57. The van der Waals surface area contributed by atoms with Gasteiger partial charge in [0.25, 0.3) is 5.91 Å². The molecule has 1 aromatic heterocycles. The van der Waals surface area contributed by atoms with Crippen molar-refractivity contribution >= 4 is 73.7 Å². The number of carbonyl (C=O) groups excluding carboxylic acids is 1. The molecule has 0 aliphatic rings. The van der Waals surface area contributed by atoms with Crippen molar-refractivity contribution in [2.75, 3.05) is 5.32 Å². The Hall–Kier alpha value is -2.51. The number of benzene rings is 3. The number of amides is 1. The fourth-order valence-electron chi connectivity index (χ4n) is 2.72. The molecule has 1 heterocycles. The van der Waals surface area contributed by atoms with Crippen molar-refractivity contribution in [3.8, 4) is 10.6 Å². The molecule has 4 rings (SSSR count). The molecule has 0 radical (unpaired) electrons. The first-order chi connectivity index (χ1) is 14.0. The van der Waals surface area contributed by atoms with E-state index < -0.39 is 0 Å². The Labute approximate surface area is 186 Å². The van der Waals surface area contributed by atoms with Crippen LogP contribution in [0.3, 0.4) is 0 Å². The molecule has 1 amide bonds. The molecule has 3 aromatic carbocycles. The zero-order valence-electron chi connectivity index (χ0n) is 14.8. The van der Waals surface area contributed by atoms with Crippen LogP contribution in [0.25, 0.3) is 20.8 Å². The Morgan fingerprint density at radius 1 is 1.00 bits per heavy atom. The van der Waals surface area contributed by atoms with Crippen molar-refractivity contribution < 1.29 is 4.79 Å². The largest absolute Gasteiger partial charge is 0.332 e. The molecule has 0 fully saturated rings. The highest BCUT2D eigenvalue weighted by atomic mass is 35.5. The number of para-hydroxylation sites is 1. The van der Waals surface area contributed by atoms with E-state index in [2.05, 4.69) is 15.6 Å². The van der Waals surface area contributed by atoms with E-state index in [4.69, 9.17) is 35.4 Å². The molecule has 2 N–H and O–H groups in total. The number of nitrogens with one attached hydrogen (secondary N) is 2. The number of thiazole rings is 1. The molecule has 4 aromatic rings. The Morgan fingerprint density at radius 3 is 2.59 bits per heavy atom. The van der Waals surface area contributed by atoms with Crippen molar-refractivity contribution in [3.63, 3.8) is 0 Å². The highest BCUT2D eigenvalue weighted by molar-refractivity contribution is 7.80. The summed E-state index contributed by atoms with van der Waals surface area (Å²) in [6.45, 7) is 0. The zero-order valence-corrected chi connectivity index (χ0v) is 17.9. The molecule has 29 heavy (non-hydrogen) atoms. The van der Waals surface area contributed by atoms with Gasteiger partial charge in [0.05, 0.1) is 15.2 Å². The third-order valence-corrected chi connectivity index (χ3v) is 5.89. The monoisotopic (exact) mass is 457 g/mol. The van der Waals surface area contributed by atoms with Crippen molar-refractivity contribution in [2.45, 2.75) is 0 Å². The first-order valence-corrected chi connectivity index (χ1v) is 10.5. The lowest BCUT2D eigenvalue weighted by Crippen LogP contribution is -2.34. The molecular weight excluding hydrogens is 445 g/mol. The maximum Gasteiger partial charge on any atom is 0.257 e. The summed E-state index contributed by atoms with van der Waals surface area (Å²) in [7, 11) is 0. The normalized spacial score (nSPS) is 10.7. The van der Waals surface area contributed by atoms with Crippen LogP contribution in [0.2, 0.25) is 10.0 Å². The van der Waals surface area contributed by atoms with Crippen molar-refractivity contribution in [1.82, 2.24) is 10.3 Å². The summed E-state index contributed by atoms with van der Waals surface area (Å²) >= 11 is 19.2. The van der Waals surface area contributed by atoms with Gasteiger partial charge in [-0.15, -0.1) is 11.3 Å². The average Bonchev–Trinajstić information content (AvgIpc) is 3.11. The quantitative estimate of drug-likeness (QED) is 0.349. The van der Waals surface area contributed by atoms with Crippen molar-refractivity contribution in [2.24, 2.45) is 0 Å². The first-order valence-electron chi connectivity index (χ1n) is 8.53. The van der Waals surface area contributed by atoms with Crippen LogP contribution in [0.15, 0.2) is 66.7 Å². The molecule has 0 atom stereocenters. The molecule has 0 bridgehead atoms. The number of halogens is 2. The zero-order chi connectivity index (χ0) is 20.4. The van der Waals surface area contributed by atoms with Gasteiger partial charge in [-0.3, -0.25) is 10.1 Å². The lowest BCUT2D eigenvalue weighted by Gasteiger charge is -2.11. The number of carbonyl (C=O) groups is 1. The molecule has 0 saturated heterocycles. The molecule has 144 valence electrons. The van der Waals surface area contributed by atoms with E-state index in [9.17, 15) is 4.79 Å². The minimum atomic E-state index is -0.345. The number of fused-ring (bicyclic) bond motifs is 1. The minimum absolute atomic E-state index is 0.166. The molecule has 4 nitrogen and oxygen atoms in total. The fraction of sp³-hybridized carbons (Fsp3) is 0. The summed E-state index contributed by atoms with van der Waals surface area (Å²) in [5.74, 6) is -0.345. The molecule has 0 unspecified atom stereocenters. The van der Waals surface area contributed by atoms with Gasteiger partial charge in [0.15, 0.2) is 5.11 Å². The topological polar surface area (TPSA) is 54.0 Å². The van der Waals surface area contributed by atoms with E-state index in [1.165, 1.54) is 0 Å². The number of hydrogen-bond donors (Lipinski definition) is 2. The van der Waals surface area contributed by atoms with Crippen molar-refractivity contribution in [3.05, 3.63) is 82.3 Å². The number of nitrogens with zero attached hydrogens (tertiary/aromatic N) is 1. The number of hydrogen-bond acceptors (Lipinski definition) is 4. The van der Waals surface area contributed by atoms with Crippen LogP contribution < -0.4 is 10.6 Å². The fourth-order valence-corrected chi connectivity index (χ4v) is 4.45. The average molecular weight is 458 g/mol. The van der Waals surface area contributed by atoms with Gasteiger partial charge in [-0.2, -0.15) is 0 Å². The maximum atomic E-state index is 12.3. The van der Waals surface area contributed by atoms with Crippen LogP contribution in [0, 0.1) is 0 Å². The molecule has 0 saturated carbocycles. The van der Waals surface area contributed by atoms with Gasteiger partial charge in [-0.1, -0.05) is 41.4 Å². The molecule has 8 heteroatoms. The summed E-state index contributed by atoms with van der Waals surface area (Å²) in [6.07, 6.45) is 0. The second kappa shape index (κ2) is 8.47. The van der Waals surface area contributed by atoms with Gasteiger partial charge in [0, 0.05) is 21.8 Å². The second-order valence-electron chi connectivity index (χ2n) is 6.10. The molecule has 0 spiro atoms. The summed E-state index contributed by atoms with van der Waals surface area (Å²) in [5.41, 5.74) is 2.87. The molecular formula is C21H13Cl2N3OS2. The highest BCUT2D eigenvalue weighted by Gasteiger charge is 2.12. The van der Waals surface area contributed by atoms with Crippen LogP contribution in [0.5, 0.6) is 0 Å². The Morgan fingerprint density at radius 2 is 1.83 bits per heavy atom.